The van der Waals surface area contributed by atoms with Crippen LogP contribution in [0.15, 0.2) is 12.2 Å². The molecular formula is C27H50O11S. The highest BCUT2D eigenvalue weighted by Crippen LogP contribution is 2.23. The van der Waals surface area contributed by atoms with Crippen LogP contribution in [-0.2, 0) is 29.1 Å². The average molecular weight is 583 g/mol. The molecule has 1 rings (SSSR count). The van der Waals surface area contributed by atoms with Crippen LogP contribution in [0.4, 0.5) is 0 Å². The Morgan fingerprint density at radius 3 is 2.00 bits per heavy atom. The molecule has 0 aromatic carbocycles. The number of esters is 1. The molecule has 0 aromatic heterocycles. The summed E-state index contributed by atoms with van der Waals surface area (Å²) < 4.78 is 46.4. The van der Waals surface area contributed by atoms with Crippen molar-refractivity contribution in [3.05, 3.63) is 12.2 Å². The van der Waals surface area contributed by atoms with Gasteiger partial charge >= 0.3 is 5.97 Å². The SMILES string of the molecule is CCCCCCCC/C=C/CCCCCCCC(=O)OCC(O)CO[C@H]1O[C@H](CS(=O)(=O)O)[C@@H](O)[C@H](O)[C@H]1O. The molecule has 0 spiro atoms. The molecular weight excluding hydrogens is 532 g/mol. The molecule has 12 heteroatoms. The maximum absolute atomic E-state index is 11.9. The van der Waals surface area contributed by atoms with E-state index < -0.39 is 65.3 Å². The number of hydrogen-bond acceptors (Lipinski definition) is 10. The number of aliphatic hydroxyl groups excluding tert-OH is 4. The Labute approximate surface area is 233 Å². The van der Waals surface area contributed by atoms with E-state index in [9.17, 15) is 33.6 Å². The van der Waals surface area contributed by atoms with Crippen LogP contribution in [0.3, 0.4) is 0 Å². The van der Waals surface area contributed by atoms with Gasteiger partial charge in [0.05, 0.1) is 6.61 Å². The Bertz CT molecular complexity index is 774. The second kappa shape index (κ2) is 20.7. The van der Waals surface area contributed by atoms with Gasteiger partial charge in [-0.1, -0.05) is 70.4 Å². The van der Waals surface area contributed by atoms with Gasteiger partial charge in [0.25, 0.3) is 10.1 Å². The summed E-state index contributed by atoms with van der Waals surface area (Å²) in [6, 6.07) is 0. The Hall–Kier alpha value is -1.12. The fourth-order valence-corrected chi connectivity index (χ4v) is 4.95. The molecule has 230 valence electrons. The van der Waals surface area contributed by atoms with Crippen molar-refractivity contribution in [1.29, 1.82) is 0 Å². The van der Waals surface area contributed by atoms with Crippen LogP contribution in [0.2, 0.25) is 0 Å². The summed E-state index contributed by atoms with van der Waals surface area (Å²) >= 11 is 0. The first-order valence-electron chi connectivity index (χ1n) is 14.3. The van der Waals surface area contributed by atoms with Crippen molar-refractivity contribution in [2.24, 2.45) is 0 Å². The molecule has 0 aromatic rings. The minimum absolute atomic E-state index is 0.234. The molecule has 11 nitrogen and oxygen atoms in total. The van der Waals surface area contributed by atoms with Gasteiger partial charge in [-0.15, -0.1) is 0 Å². The highest BCUT2D eigenvalue weighted by molar-refractivity contribution is 7.85. The molecule has 0 amide bonds. The maximum Gasteiger partial charge on any atom is 0.305 e. The zero-order chi connectivity index (χ0) is 29.1. The topological polar surface area (TPSA) is 180 Å². The second-order valence-electron chi connectivity index (χ2n) is 10.3. The summed E-state index contributed by atoms with van der Waals surface area (Å²) in [7, 11) is -4.54. The Balaban J connectivity index is 2.08. The lowest BCUT2D eigenvalue weighted by atomic mass is 10.00. The van der Waals surface area contributed by atoms with Crippen LogP contribution in [0.5, 0.6) is 0 Å². The molecule has 0 aliphatic carbocycles. The van der Waals surface area contributed by atoms with E-state index in [0.29, 0.717) is 6.42 Å². The van der Waals surface area contributed by atoms with Crippen LogP contribution in [-0.4, -0.2) is 95.1 Å². The Morgan fingerprint density at radius 2 is 1.41 bits per heavy atom. The lowest BCUT2D eigenvalue weighted by Crippen LogP contribution is -2.60. The van der Waals surface area contributed by atoms with Gasteiger partial charge in [0.2, 0.25) is 0 Å². The van der Waals surface area contributed by atoms with E-state index >= 15 is 0 Å². The first-order valence-corrected chi connectivity index (χ1v) is 15.9. The largest absolute Gasteiger partial charge is 0.463 e. The van der Waals surface area contributed by atoms with E-state index in [-0.39, 0.29) is 13.0 Å². The molecule has 1 fully saturated rings. The lowest BCUT2D eigenvalue weighted by molar-refractivity contribution is -0.296. The van der Waals surface area contributed by atoms with Gasteiger partial charge < -0.3 is 34.6 Å². The first kappa shape index (κ1) is 35.9. The fourth-order valence-electron chi connectivity index (χ4n) is 4.25. The Kier molecular flexibility index (Phi) is 19.1. The van der Waals surface area contributed by atoms with Gasteiger partial charge in [-0.3, -0.25) is 9.35 Å². The zero-order valence-electron chi connectivity index (χ0n) is 23.2. The molecule has 39 heavy (non-hydrogen) atoms. The van der Waals surface area contributed by atoms with Gasteiger partial charge in [0.1, 0.15) is 42.9 Å². The van der Waals surface area contributed by atoms with Gasteiger partial charge in [0.15, 0.2) is 6.29 Å². The number of hydrogen-bond donors (Lipinski definition) is 5. The van der Waals surface area contributed by atoms with Crippen molar-refractivity contribution in [3.8, 4) is 0 Å². The van der Waals surface area contributed by atoms with Crippen molar-refractivity contribution in [1.82, 2.24) is 0 Å². The normalized spacial score (nSPS) is 24.7. The highest BCUT2D eigenvalue weighted by Gasteiger charge is 2.45. The van der Waals surface area contributed by atoms with E-state index in [1.54, 1.807) is 0 Å². The molecule has 1 aliphatic rings. The molecule has 0 bridgehead atoms. The lowest BCUT2D eigenvalue weighted by Gasteiger charge is -2.40. The van der Waals surface area contributed by atoms with Crippen LogP contribution in [0, 0.1) is 0 Å². The Morgan fingerprint density at radius 1 is 0.846 bits per heavy atom. The van der Waals surface area contributed by atoms with Crippen molar-refractivity contribution < 1.29 is 52.4 Å². The van der Waals surface area contributed by atoms with Crippen LogP contribution in [0.1, 0.15) is 96.8 Å². The summed E-state index contributed by atoms with van der Waals surface area (Å²) in [5.41, 5.74) is 0. The second-order valence-corrected chi connectivity index (χ2v) is 11.8. The van der Waals surface area contributed by atoms with Gasteiger partial charge in [-0.05, 0) is 32.1 Å². The van der Waals surface area contributed by atoms with Gasteiger partial charge in [-0.2, -0.15) is 8.42 Å². The fraction of sp³-hybridized carbons (Fsp3) is 0.889. The molecule has 0 saturated carbocycles. The number of ether oxygens (including phenoxy) is 3. The minimum atomic E-state index is -4.54. The number of allylic oxidation sites excluding steroid dienone is 2. The summed E-state index contributed by atoms with van der Waals surface area (Å²) in [6.07, 6.45) is 10.1. The van der Waals surface area contributed by atoms with Crippen molar-refractivity contribution in [2.45, 2.75) is 134 Å². The number of carbonyl (C=O) groups is 1. The van der Waals surface area contributed by atoms with E-state index in [0.717, 1.165) is 38.5 Å². The molecule has 1 saturated heterocycles. The average Bonchev–Trinajstić information content (AvgIpc) is 2.88. The molecule has 1 aliphatic heterocycles. The van der Waals surface area contributed by atoms with Crippen molar-refractivity contribution >= 4 is 16.1 Å². The number of rotatable bonds is 22. The number of carbonyl (C=O) groups excluding carboxylic acids is 1. The van der Waals surface area contributed by atoms with E-state index in [2.05, 4.69) is 19.1 Å². The first-order chi connectivity index (χ1) is 18.5. The third kappa shape index (κ3) is 17.3. The zero-order valence-corrected chi connectivity index (χ0v) is 24.0. The monoisotopic (exact) mass is 582 g/mol. The third-order valence-electron chi connectivity index (χ3n) is 6.58. The standard InChI is InChI=1S/C27H50O11S/c1-2-3-4-5-6-7-8-9-10-11-12-13-14-15-16-17-23(29)36-18-21(28)19-37-27-26(32)25(31)24(30)22(38-27)20-39(33,34)35/h9-10,21-22,24-28,30-32H,2-8,11-20H2,1H3,(H,33,34,35)/b10-9+/t21?,22-,24-,25+,26-,27+/m1/s1. The molecule has 1 heterocycles. The smallest absolute Gasteiger partial charge is 0.305 e. The van der Waals surface area contributed by atoms with Gasteiger partial charge in [-0.25, -0.2) is 0 Å². The van der Waals surface area contributed by atoms with Gasteiger partial charge in [0, 0.05) is 6.42 Å². The highest BCUT2D eigenvalue weighted by atomic mass is 32.2. The summed E-state index contributed by atoms with van der Waals surface area (Å²) in [5.74, 6) is -1.47. The summed E-state index contributed by atoms with van der Waals surface area (Å²) in [5, 5.41) is 39.7. The summed E-state index contributed by atoms with van der Waals surface area (Å²) in [4.78, 5) is 11.9. The van der Waals surface area contributed by atoms with Crippen molar-refractivity contribution in [2.75, 3.05) is 19.0 Å². The third-order valence-corrected chi connectivity index (χ3v) is 7.33. The quantitative estimate of drug-likeness (QED) is 0.0548. The maximum atomic E-state index is 11.9. The molecule has 0 radical (unpaired) electrons. The molecule has 1 unspecified atom stereocenters. The molecule has 6 atom stereocenters. The molecule has 5 N–H and O–H groups in total. The van der Waals surface area contributed by atoms with E-state index in [1.807, 2.05) is 0 Å². The van der Waals surface area contributed by atoms with Crippen LogP contribution in [0.25, 0.3) is 0 Å². The van der Waals surface area contributed by atoms with Crippen LogP contribution < -0.4 is 0 Å². The van der Waals surface area contributed by atoms with E-state index in [1.165, 1.54) is 38.5 Å². The van der Waals surface area contributed by atoms with E-state index in [4.69, 9.17) is 18.8 Å². The summed E-state index contributed by atoms with van der Waals surface area (Å²) in [6.45, 7) is 1.42. The van der Waals surface area contributed by atoms with Crippen molar-refractivity contribution in [3.63, 3.8) is 0 Å². The van der Waals surface area contributed by atoms with Crippen LogP contribution >= 0.6 is 0 Å². The number of aliphatic hydroxyl groups is 4. The predicted octanol–water partition coefficient (Wildman–Crippen LogP) is 2.64. The number of unbranched alkanes of at least 4 members (excludes halogenated alkanes) is 11. The predicted molar refractivity (Wildman–Crippen MR) is 145 cm³/mol. The minimum Gasteiger partial charge on any atom is -0.463 e.